The van der Waals surface area contributed by atoms with Gasteiger partial charge in [-0.25, -0.2) is 4.79 Å². The van der Waals surface area contributed by atoms with E-state index in [0.717, 1.165) is 4.68 Å². The van der Waals surface area contributed by atoms with Crippen LogP contribution >= 0.6 is 11.6 Å². The van der Waals surface area contributed by atoms with E-state index in [1.807, 2.05) is 0 Å². The highest BCUT2D eigenvalue weighted by atomic mass is 35.5. The van der Waals surface area contributed by atoms with Gasteiger partial charge in [-0.3, -0.25) is 4.68 Å². The molecule has 6 heteroatoms. The Balaban J connectivity index is 3.34. The highest BCUT2D eigenvalue weighted by Gasteiger charge is 2.19. The molecule has 1 heterocycles. The molecular formula is C5H5ClN2O3. The summed E-state index contributed by atoms with van der Waals surface area (Å²) in [5.41, 5.74) is -0.310. The van der Waals surface area contributed by atoms with Crippen molar-refractivity contribution in [3.8, 4) is 5.75 Å². The van der Waals surface area contributed by atoms with E-state index in [9.17, 15) is 4.79 Å². The standard InChI is InChI=1S/C5H5ClN2O3/c1-8-2(5(10)11)3(9)4(6)7-8/h9H,1H3,(H,10,11). The highest BCUT2D eigenvalue weighted by molar-refractivity contribution is 6.31. The fourth-order valence-corrected chi connectivity index (χ4v) is 0.923. The molecule has 5 nitrogen and oxygen atoms in total. The topological polar surface area (TPSA) is 75.3 Å². The zero-order valence-corrected chi connectivity index (χ0v) is 6.33. The maximum atomic E-state index is 10.4. The molecule has 0 aromatic carbocycles. The molecule has 0 saturated heterocycles. The molecule has 0 atom stereocenters. The number of hydrogen-bond acceptors (Lipinski definition) is 3. The molecule has 0 spiro atoms. The van der Waals surface area contributed by atoms with Crippen LogP contribution in [0.2, 0.25) is 5.15 Å². The van der Waals surface area contributed by atoms with Crippen LogP contribution in [-0.2, 0) is 7.05 Å². The molecule has 1 rings (SSSR count). The number of aromatic nitrogens is 2. The van der Waals surface area contributed by atoms with Gasteiger partial charge in [0.2, 0.25) is 0 Å². The maximum absolute atomic E-state index is 10.4. The predicted octanol–water partition coefficient (Wildman–Crippen LogP) is 0.477. The number of aromatic hydroxyl groups is 1. The number of nitrogens with zero attached hydrogens (tertiary/aromatic N) is 2. The van der Waals surface area contributed by atoms with Crippen LogP contribution in [0, 0.1) is 0 Å². The first-order valence-corrected chi connectivity index (χ1v) is 3.06. The van der Waals surface area contributed by atoms with Gasteiger partial charge in [-0.15, -0.1) is 0 Å². The normalized spacial score (nSPS) is 10.0. The third-order valence-electron chi connectivity index (χ3n) is 1.18. The number of aryl methyl sites for hydroxylation is 1. The number of carboxylic acids is 1. The molecule has 0 fully saturated rings. The van der Waals surface area contributed by atoms with Crippen LogP contribution in [0.1, 0.15) is 10.5 Å². The molecule has 0 radical (unpaired) electrons. The average Bonchev–Trinajstić information content (AvgIpc) is 2.07. The third-order valence-corrected chi connectivity index (χ3v) is 1.44. The Hall–Kier alpha value is -1.23. The van der Waals surface area contributed by atoms with Crippen molar-refractivity contribution in [3.63, 3.8) is 0 Å². The maximum Gasteiger partial charge on any atom is 0.358 e. The average molecular weight is 177 g/mol. The predicted molar refractivity (Wildman–Crippen MR) is 36.8 cm³/mol. The van der Waals surface area contributed by atoms with E-state index >= 15 is 0 Å². The molecule has 0 aliphatic rings. The van der Waals surface area contributed by atoms with E-state index in [1.165, 1.54) is 7.05 Å². The van der Waals surface area contributed by atoms with Crippen LogP contribution < -0.4 is 0 Å². The quantitative estimate of drug-likeness (QED) is 0.653. The summed E-state index contributed by atoms with van der Waals surface area (Å²) >= 11 is 5.33. The Morgan fingerprint density at radius 2 is 2.27 bits per heavy atom. The molecule has 0 aliphatic carbocycles. The van der Waals surface area contributed by atoms with E-state index in [0.29, 0.717) is 0 Å². The highest BCUT2D eigenvalue weighted by Crippen LogP contribution is 2.25. The van der Waals surface area contributed by atoms with Gasteiger partial charge in [-0.2, -0.15) is 5.10 Å². The van der Waals surface area contributed by atoms with Crippen molar-refractivity contribution in [2.75, 3.05) is 0 Å². The molecule has 11 heavy (non-hydrogen) atoms. The van der Waals surface area contributed by atoms with E-state index in [4.69, 9.17) is 21.8 Å². The molecule has 0 aliphatic heterocycles. The van der Waals surface area contributed by atoms with Gasteiger partial charge in [0.1, 0.15) is 0 Å². The number of carbonyl (C=O) groups is 1. The van der Waals surface area contributed by atoms with E-state index < -0.39 is 11.7 Å². The van der Waals surface area contributed by atoms with Gasteiger partial charge < -0.3 is 10.2 Å². The smallest absolute Gasteiger partial charge is 0.358 e. The second kappa shape index (κ2) is 2.43. The van der Waals surface area contributed by atoms with Crippen molar-refractivity contribution in [3.05, 3.63) is 10.8 Å². The van der Waals surface area contributed by atoms with Crippen molar-refractivity contribution in [1.82, 2.24) is 9.78 Å². The molecule has 0 amide bonds. The summed E-state index contributed by atoms with van der Waals surface area (Å²) < 4.78 is 1.00. The summed E-state index contributed by atoms with van der Waals surface area (Å²) in [5, 5.41) is 20.8. The van der Waals surface area contributed by atoms with Gasteiger partial charge in [-0.05, 0) is 0 Å². The van der Waals surface area contributed by atoms with Crippen LogP contribution in [0.15, 0.2) is 0 Å². The number of rotatable bonds is 1. The zero-order valence-electron chi connectivity index (χ0n) is 5.58. The lowest BCUT2D eigenvalue weighted by Crippen LogP contribution is -2.05. The summed E-state index contributed by atoms with van der Waals surface area (Å²) in [5.74, 6) is -1.76. The molecule has 0 unspecified atom stereocenters. The van der Waals surface area contributed by atoms with Gasteiger partial charge in [0, 0.05) is 7.05 Å². The monoisotopic (exact) mass is 176 g/mol. The summed E-state index contributed by atoms with van der Waals surface area (Å²) in [6.07, 6.45) is 0. The van der Waals surface area contributed by atoms with E-state index in [-0.39, 0.29) is 10.8 Å². The van der Waals surface area contributed by atoms with Crippen LogP contribution in [0.25, 0.3) is 0 Å². The Bertz CT molecular complexity index is 307. The fourth-order valence-electron chi connectivity index (χ4n) is 0.720. The number of carboxylic acid groups (broad SMARTS) is 1. The second-order valence-electron chi connectivity index (χ2n) is 1.92. The molecule has 0 bridgehead atoms. The molecular weight excluding hydrogens is 172 g/mol. The van der Waals surface area contributed by atoms with Crippen molar-refractivity contribution in [1.29, 1.82) is 0 Å². The number of aromatic carboxylic acids is 1. The fraction of sp³-hybridized carbons (Fsp3) is 0.200. The lowest BCUT2D eigenvalue weighted by molar-refractivity contribution is 0.0681. The number of halogens is 1. The minimum atomic E-state index is -1.26. The van der Waals surface area contributed by atoms with Crippen molar-refractivity contribution in [2.45, 2.75) is 0 Å². The summed E-state index contributed by atoms with van der Waals surface area (Å²) in [6, 6.07) is 0. The Morgan fingerprint density at radius 3 is 2.45 bits per heavy atom. The van der Waals surface area contributed by atoms with E-state index in [2.05, 4.69) is 5.10 Å². The first kappa shape index (κ1) is 7.87. The molecule has 0 saturated carbocycles. The Morgan fingerprint density at radius 1 is 1.73 bits per heavy atom. The van der Waals surface area contributed by atoms with Gasteiger partial charge in [-0.1, -0.05) is 11.6 Å². The van der Waals surface area contributed by atoms with E-state index in [1.54, 1.807) is 0 Å². The van der Waals surface area contributed by atoms with Gasteiger partial charge >= 0.3 is 5.97 Å². The van der Waals surface area contributed by atoms with Crippen LogP contribution in [0.3, 0.4) is 0 Å². The van der Waals surface area contributed by atoms with Crippen LogP contribution in [0.5, 0.6) is 5.75 Å². The first-order valence-electron chi connectivity index (χ1n) is 2.68. The number of hydrogen-bond donors (Lipinski definition) is 2. The zero-order chi connectivity index (χ0) is 8.59. The molecule has 60 valence electrons. The minimum absolute atomic E-state index is 0.204. The Labute approximate surface area is 66.8 Å². The molecule has 1 aromatic heterocycles. The molecule has 2 N–H and O–H groups in total. The van der Waals surface area contributed by atoms with Crippen molar-refractivity contribution >= 4 is 17.6 Å². The van der Waals surface area contributed by atoms with Gasteiger partial charge in [0.15, 0.2) is 16.6 Å². The lowest BCUT2D eigenvalue weighted by atomic mass is 10.4. The third kappa shape index (κ3) is 1.14. The van der Waals surface area contributed by atoms with Crippen molar-refractivity contribution < 1.29 is 15.0 Å². The summed E-state index contributed by atoms with van der Waals surface area (Å²) in [6.45, 7) is 0. The second-order valence-corrected chi connectivity index (χ2v) is 2.27. The minimum Gasteiger partial charge on any atom is -0.503 e. The van der Waals surface area contributed by atoms with Gasteiger partial charge in [0.25, 0.3) is 0 Å². The Kier molecular flexibility index (Phi) is 1.74. The first-order chi connectivity index (χ1) is 5.04. The van der Waals surface area contributed by atoms with Crippen LogP contribution in [0.4, 0.5) is 0 Å². The largest absolute Gasteiger partial charge is 0.503 e. The SMILES string of the molecule is Cn1nc(Cl)c(O)c1C(=O)O. The lowest BCUT2D eigenvalue weighted by Gasteiger charge is -1.92. The summed E-state index contributed by atoms with van der Waals surface area (Å²) in [7, 11) is 1.38. The van der Waals surface area contributed by atoms with Crippen molar-refractivity contribution in [2.24, 2.45) is 7.05 Å². The van der Waals surface area contributed by atoms with Gasteiger partial charge in [0.05, 0.1) is 0 Å². The molecule has 1 aromatic rings. The van der Waals surface area contributed by atoms with Crippen LogP contribution in [-0.4, -0.2) is 26.0 Å². The summed E-state index contributed by atoms with van der Waals surface area (Å²) in [4.78, 5) is 10.4.